The van der Waals surface area contributed by atoms with Crippen LogP contribution in [0.15, 0.2) is 17.5 Å². The molecule has 0 atom stereocenters. The summed E-state index contributed by atoms with van der Waals surface area (Å²) in [6.45, 7) is 0.822. The first-order valence-electron chi connectivity index (χ1n) is 6.09. The third-order valence-corrected chi connectivity index (χ3v) is 5.59. The Bertz CT molecular complexity index is 358. The Morgan fingerprint density at radius 3 is 2.82 bits per heavy atom. The van der Waals surface area contributed by atoms with Crippen LogP contribution in [-0.4, -0.2) is 17.8 Å². The van der Waals surface area contributed by atoms with E-state index in [0.29, 0.717) is 11.8 Å². The van der Waals surface area contributed by atoms with Gasteiger partial charge in [0.15, 0.2) is 0 Å². The molecule has 1 heterocycles. The first-order chi connectivity index (χ1) is 8.24. The highest BCUT2D eigenvalue weighted by Gasteiger charge is 2.32. The number of carbonyl (C=O) groups excluding carboxylic acids is 1. The standard InChI is InChI=1S/C13H18BrNOS/c14-9-13(5-1-2-6-13)10-15-12(16)8-11-4-3-7-17-11/h3-4,7H,1-2,5-6,8-10H2,(H,15,16). The summed E-state index contributed by atoms with van der Waals surface area (Å²) in [6.07, 6.45) is 5.59. The molecule has 0 saturated heterocycles. The van der Waals surface area contributed by atoms with E-state index in [1.54, 1.807) is 11.3 Å². The predicted octanol–water partition coefficient (Wildman–Crippen LogP) is 3.36. The molecule has 2 nitrogen and oxygen atoms in total. The Morgan fingerprint density at radius 1 is 1.47 bits per heavy atom. The molecule has 17 heavy (non-hydrogen) atoms. The lowest BCUT2D eigenvalue weighted by atomic mass is 9.89. The van der Waals surface area contributed by atoms with Crippen molar-refractivity contribution in [3.63, 3.8) is 0 Å². The van der Waals surface area contributed by atoms with Crippen molar-refractivity contribution in [1.82, 2.24) is 5.32 Å². The molecule has 0 radical (unpaired) electrons. The van der Waals surface area contributed by atoms with Crippen LogP contribution in [0.3, 0.4) is 0 Å². The van der Waals surface area contributed by atoms with Crippen LogP contribution in [0, 0.1) is 5.41 Å². The van der Waals surface area contributed by atoms with Crippen LogP contribution < -0.4 is 5.32 Å². The molecule has 0 spiro atoms. The number of rotatable bonds is 5. The van der Waals surface area contributed by atoms with E-state index in [1.807, 2.05) is 17.5 Å². The zero-order chi connectivity index (χ0) is 12.1. The number of amides is 1. The van der Waals surface area contributed by atoms with Crippen LogP contribution in [0.25, 0.3) is 0 Å². The van der Waals surface area contributed by atoms with Crippen molar-refractivity contribution in [2.75, 3.05) is 11.9 Å². The maximum absolute atomic E-state index is 11.8. The fourth-order valence-electron chi connectivity index (χ4n) is 2.40. The Labute approximate surface area is 115 Å². The maximum atomic E-state index is 11.8. The molecular formula is C13H18BrNOS. The fraction of sp³-hybridized carbons (Fsp3) is 0.615. The average molecular weight is 316 g/mol. The molecule has 1 saturated carbocycles. The second-order valence-electron chi connectivity index (χ2n) is 4.87. The molecule has 1 aliphatic carbocycles. The highest BCUT2D eigenvalue weighted by Crippen LogP contribution is 2.38. The lowest BCUT2D eigenvalue weighted by Gasteiger charge is -2.26. The van der Waals surface area contributed by atoms with Crippen LogP contribution in [0.1, 0.15) is 30.6 Å². The molecule has 1 aromatic heterocycles. The molecule has 4 heteroatoms. The third kappa shape index (κ3) is 3.55. The molecule has 0 unspecified atom stereocenters. The molecule has 1 fully saturated rings. The zero-order valence-corrected chi connectivity index (χ0v) is 12.3. The van der Waals surface area contributed by atoms with Crippen molar-refractivity contribution >= 4 is 33.2 Å². The van der Waals surface area contributed by atoms with Gasteiger partial charge in [0.25, 0.3) is 0 Å². The Morgan fingerprint density at radius 2 is 2.24 bits per heavy atom. The Kier molecular flexibility index (Phi) is 4.62. The summed E-state index contributed by atoms with van der Waals surface area (Å²) < 4.78 is 0. The van der Waals surface area contributed by atoms with E-state index in [-0.39, 0.29) is 5.91 Å². The van der Waals surface area contributed by atoms with Gasteiger partial charge in [0, 0.05) is 16.8 Å². The van der Waals surface area contributed by atoms with Gasteiger partial charge in [0.2, 0.25) is 5.91 Å². The molecule has 1 amide bonds. The number of thiophene rings is 1. The van der Waals surface area contributed by atoms with Gasteiger partial charge in [-0.25, -0.2) is 0 Å². The number of halogens is 1. The summed E-state index contributed by atoms with van der Waals surface area (Å²) in [6, 6.07) is 4.00. The molecule has 0 bridgehead atoms. The van der Waals surface area contributed by atoms with Gasteiger partial charge < -0.3 is 5.32 Å². The molecule has 1 aromatic rings. The van der Waals surface area contributed by atoms with Crippen LogP contribution in [-0.2, 0) is 11.2 Å². The summed E-state index contributed by atoms with van der Waals surface area (Å²) in [5, 5.41) is 6.11. The van der Waals surface area contributed by atoms with Crippen molar-refractivity contribution in [2.45, 2.75) is 32.1 Å². The summed E-state index contributed by atoms with van der Waals surface area (Å²) >= 11 is 5.24. The lowest BCUT2D eigenvalue weighted by Crippen LogP contribution is -2.37. The SMILES string of the molecule is O=C(Cc1cccs1)NCC1(CBr)CCCC1. The van der Waals surface area contributed by atoms with Gasteiger partial charge >= 0.3 is 0 Å². The number of hydrogen-bond acceptors (Lipinski definition) is 2. The number of carbonyl (C=O) groups is 1. The van der Waals surface area contributed by atoms with Gasteiger partial charge in [-0.2, -0.15) is 0 Å². The van der Waals surface area contributed by atoms with E-state index in [4.69, 9.17) is 0 Å². The van der Waals surface area contributed by atoms with Crippen molar-refractivity contribution in [1.29, 1.82) is 0 Å². The van der Waals surface area contributed by atoms with Gasteiger partial charge in [0.1, 0.15) is 0 Å². The fourth-order valence-corrected chi connectivity index (χ4v) is 3.87. The first-order valence-corrected chi connectivity index (χ1v) is 8.09. The summed E-state index contributed by atoms with van der Waals surface area (Å²) in [4.78, 5) is 12.9. The van der Waals surface area contributed by atoms with E-state index in [1.165, 1.54) is 25.7 Å². The van der Waals surface area contributed by atoms with Crippen LogP contribution in [0.4, 0.5) is 0 Å². The Hall–Kier alpha value is -0.350. The Balaban J connectivity index is 1.79. The van der Waals surface area contributed by atoms with Gasteiger partial charge in [-0.3, -0.25) is 4.79 Å². The van der Waals surface area contributed by atoms with Crippen molar-refractivity contribution < 1.29 is 4.79 Å². The second kappa shape index (κ2) is 6.01. The minimum absolute atomic E-state index is 0.152. The number of hydrogen-bond donors (Lipinski definition) is 1. The normalized spacial score (nSPS) is 18.2. The van der Waals surface area contributed by atoms with Crippen LogP contribution in [0.5, 0.6) is 0 Å². The van der Waals surface area contributed by atoms with E-state index in [0.717, 1.165) is 16.8 Å². The van der Waals surface area contributed by atoms with Gasteiger partial charge in [-0.05, 0) is 29.7 Å². The summed E-state index contributed by atoms with van der Waals surface area (Å²) in [7, 11) is 0. The smallest absolute Gasteiger partial charge is 0.225 e. The minimum atomic E-state index is 0.152. The van der Waals surface area contributed by atoms with Gasteiger partial charge in [0.05, 0.1) is 6.42 Å². The highest BCUT2D eigenvalue weighted by molar-refractivity contribution is 9.09. The van der Waals surface area contributed by atoms with Crippen LogP contribution in [0.2, 0.25) is 0 Å². The summed E-state index contributed by atoms with van der Waals surface area (Å²) in [5.41, 5.74) is 0.311. The molecule has 2 rings (SSSR count). The van der Waals surface area contributed by atoms with Crippen molar-refractivity contribution in [3.8, 4) is 0 Å². The van der Waals surface area contributed by atoms with Crippen LogP contribution >= 0.6 is 27.3 Å². The summed E-state index contributed by atoms with van der Waals surface area (Å²) in [5.74, 6) is 0.152. The first kappa shape index (κ1) is 13.1. The monoisotopic (exact) mass is 315 g/mol. The van der Waals surface area contributed by atoms with Gasteiger partial charge in [-0.1, -0.05) is 34.8 Å². The predicted molar refractivity (Wildman–Crippen MR) is 75.7 cm³/mol. The molecule has 1 N–H and O–H groups in total. The third-order valence-electron chi connectivity index (χ3n) is 3.52. The number of nitrogens with one attached hydrogen (secondary N) is 1. The highest BCUT2D eigenvalue weighted by atomic mass is 79.9. The topological polar surface area (TPSA) is 29.1 Å². The van der Waals surface area contributed by atoms with Crippen molar-refractivity contribution in [2.24, 2.45) is 5.41 Å². The van der Waals surface area contributed by atoms with E-state index in [2.05, 4.69) is 21.2 Å². The minimum Gasteiger partial charge on any atom is -0.355 e. The maximum Gasteiger partial charge on any atom is 0.225 e. The van der Waals surface area contributed by atoms with Gasteiger partial charge in [-0.15, -0.1) is 11.3 Å². The molecular weight excluding hydrogens is 298 g/mol. The van der Waals surface area contributed by atoms with E-state index < -0.39 is 0 Å². The number of alkyl halides is 1. The largest absolute Gasteiger partial charge is 0.355 e. The second-order valence-corrected chi connectivity index (χ2v) is 6.47. The molecule has 0 aliphatic heterocycles. The molecule has 1 aliphatic rings. The zero-order valence-electron chi connectivity index (χ0n) is 9.88. The van der Waals surface area contributed by atoms with E-state index in [9.17, 15) is 4.79 Å². The van der Waals surface area contributed by atoms with Crippen molar-refractivity contribution in [3.05, 3.63) is 22.4 Å². The molecule has 94 valence electrons. The lowest BCUT2D eigenvalue weighted by molar-refractivity contribution is -0.120. The quantitative estimate of drug-likeness (QED) is 0.829. The average Bonchev–Trinajstić information content (AvgIpc) is 2.98. The van der Waals surface area contributed by atoms with E-state index >= 15 is 0 Å². The molecule has 0 aromatic carbocycles.